The van der Waals surface area contributed by atoms with Crippen LogP contribution >= 0.6 is 23.2 Å². The van der Waals surface area contributed by atoms with Crippen LogP contribution in [0.1, 0.15) is 36.0 Å². The number of piperidine rings is 1. The van der Waals surface area contributed by atoms with Crippen LogP contribution in [-0.2, 0) is 0 Å². The van der Waals surface area contributed by atoms with Gasteiger partial charge in [-0.25, -0.2) is 4.98 Å². The molecule has 0 aliphatic carbocycles. The summed E-state index contributed by atoms with van der Waals surface area (Å²) in [5, 5.41) is 13.1. The summed E-state index contributed by atoms with van der Waals surface area (Å²) in [5.41, 5.74) is 2.95. The molecule has 28 heavy (non-hydrogen) atoms. The zero-order valence-corrected chi connectivity index (χ0v) is 17.4. The molecular weight excluding hydrogens is 401 g/mol. The molecule has 1 aromatic carbocycles. The maximum atomic E-state index is 6.40. The number of benzene rings is 1. The summed E-state index contributed by atoms with van der Waals surface area (Å²) >= 11 is 12.5. The van der Waals surface area contributed by atoms with Gasteiger partial charge in [0.15, 0.2) is 0 Å². The van der Waals surface area contributed by atoms with E-state index in [0.29, 0.717) is 33.3 Å². The number of halogens is 2. The fourth-order valence-electron chi connectivity index (χ4n) is 3.75. The first-order valence-corrected chi connectivity index (χ1v) is 9.83. The molecule has 8 nitrogen and oxygen atoms in total. The number of tetrazole rings is 1. The van der Waals surface area contributed by atoms with Gasteiger partial charge in [0.1, 0.15) is 11.6 Å². The Hall–Kier alpha value is -2.32. The number of aromatic nitrogens is 6. The van der Waals surface area contributed by atoms with E-state index in [1.165, 1.54) is 5.69 Å². The Balaban J connectivity index is 1.57. The predicted octanol–water partition coefficient (Wildman–Crippen LogP) is 3.70. The molecule has 1 N–H and O–H groups in total. The molecule has 0 amide bonds. The molecule has 148 valence electrons. The number of H-pyrrole nitrogens is 1. The minimum Gasteiger partial charge on any atom is -0.495 e. The Kier molecular flexibility index (Phi) is 5.16. The van der Waals surface area contributed by atoms with Crippen LogP contribution in [0.3, 0.4) is 0 Å². The van der Waals surface area contributed by atoms with Crippen LogP contribution in [0, 0.1) is 13.8 Å². The summed E-state index contributed by atoms with van der Waals surface area (Å²) in [6.07, 6.45) is 1.96. The second-order valence-electron chi connectivity index (χ2n) is 6.92. The monoisotopic (exact) mass is 421 g/mol. The molecule has 1 aliphatic rings. The molecule has 2 aromatic heterocycles. The van der Waals surface area contributed by atoms with Gasteiger partial charge in [0, 0.05) is 30.8 Å². The predicted molar refractivity (Wildman–Crippen MR) is 108 cm³/mol. The van der Waals surface area contributed by atoms with Crippen molar-refractivity contribution >= 4 is 29.2 Å². The van der Waals surface area contributed by atoms with Crippen molar-refractivity contribution < 1.29 is 4.74 Å². The molecular formula is C18H21Cl2N7O. The van der Waals surface area contributed by atoms with Crippen LogP contribution in [0.25, 0.3) is 5.69 Å². The van der Waals surface area contributed by atoms with Crippen molar-refractivity contribution in [2.45, 2.75) is 32.6 Å². The second kappa shape index (κ2) is 7.60. The van der Waals surface area contributed by atoms with E-state index in [0.717, 1.165) is 37.4 Å². The summed E-state index contributed by atoms with van der Waals surface area (Å²) in [6, 6.07) is 3.38. The topological polar surface area (TPSA) is 84.8 Å². The molecule has 0 atom stereocenters. The molecule has 0 unspecified atom stereocenters. The number of hydrogen-bond donors (Lipinski definition) is 1. The second-order valence-corrected chi connectivity index (χ2v) is 7.74. The summed E-state index contributed by atoms with van der Waals surface area (Å²) < 4.78 is 6.93. The largest absolute Gasteiger partial charge is 0.495 e. The summed E-state index contributed by atoms with van der Waals surface area (Å²) in [7, 11) is 1.56. The molecule has 3 aromatic rings. The molecule has 4 rings (SSSR count). The van der Waals surface area contributed by atoms with Gasteiger partial charge in [-0.05, 0) is 43.2 Å². The smallest absolute Gasteiger partial charge is 0.250 e. The Morgan fingerprint density at radius 2 is 1.89 bits per heavy atom. The van der Waals surface area contributed by atoms with Crippen molar-refractivity contribution in [3.8, 4) is 11.4 Å². The first kappa shape index (κ1) is 19.0. The zero-order valence-electron chi connectivity index (χ0n) is 15.9. The van der Waals surface area contributed by atoms with E-state index in [1.807, 2.05) is 6.92 Å². The minimum absolute atomic E-state index is 0.435. The Bertz CT molecular complexity index is 992. The van der Waals surface area contributed by atoms with Gasteiger partial charge in [-0.2, -0.15) is 4.68 Å². The third-order valence-electron chi connectivity index (χ3n) is 5.11. The molecule has 0 radical (unpaired) electrons. The number of methoxy groups -OCH3 is 1. The van der Waals surface area contributed by atoms with Crippen molar-refractivity contribution in [2.75, 3.05) is 25.1 Å². The molecule has 0 bridgehead atoms. The van der Waals surface area contributed by atoms with Gasteiger partial charge >= 0.3 is 0 Å². The van der Waals surface area contributed by atoms with Gasteiger partial charge in [0.05, 0.1) is 28.5 Å². The normalized spacial score (nSPS) is 15.2. The molecule has 3 heterocycles. The first-order chi connectivity index (χ1) is 13.5. The number of nitrogens with zero attached hydrogens (tertiary/aromatic N) is 6. The number of imidazole rings is 1. The third kappa shape index (κ3) is 3.42. The lowest BCUT2D eigenvalue weighted by atomic mass is 9.93. The average molecular weight is 422 g/mol. The summed E-state index contributed by atoms with van der Waals surface area (Å²) in [5.74, 6) is 2.57. The van der Waals surface area contributed by atoms with E-state index < -0.39 is 0 Å². The van der Waals surface area contributed by atoms with E-state index in [9.17, 15) is 0 Å². The highest BCUT2D eigenvalue weighted by molar-refractivity contribution is 6.36. The van der Waals surface area contributed by atoms with Crippen LogP contribution in [0.2, 0.25) is 10.0 Å². The van der Waals surface area contributed by atoms with Gasteiger partial charge in [-0.3, -0.25) is 0 Å². The highest BCUT2D eigenvalue weighted by atomic mass is 35.5. The maximum Gasteiger partial charge on any atom is 0.250 e. The van der Waals surface area contributed by atoms with Crippen molar-refractivity contribution in [1.29, 1.82) is 0 Å². The lowest BCUT2D eigenvalue weighted by Gasteiger charge is -2.31. The Morgan fingerprint density at radius 3 is 2.54 bits per heavy atom. The van der Waals surface area contributed by atoms with E-state index in [1.54, 1.807) is 23.9 Å². The van der Waals surface area contributed by atoms with Crippen molar-refractivity contribution in [1.82, 2.24) is 30.2 Å². The quantitative estimate of drug-likeness (QED) is 0.690. The SMILES string of the molecule is COc1cc(-n2nnnc2N2CCC(c3nc(C)[nH]c3C)CC2)c(Cl)cc1Cl. The van der Waals surface area contributed by atoms with Crippen molar-refractivity contribution in [2.24, 2.45) is 0 Å². The van der Waals surface area contributed by atoms with E-state index in [2.05, 4.69) is 37.3 Å². The summed E-state index contributed by atoms with van der Waals surface area (Å²) in [6.45, 7) is 5.74. The lowest BCUT2D eigenvalue weighted by molar-refractivity contribution is 0.414. The fraction of sp³-hybridized carbons (Fsp3) is 0.444. The van der Waals surface area contributed by atoms with Gasteiger partial charge in [0.2, 0.25) is 5.95 Å². The van der Waals surface area contributed by atoms with Gasteiger partial charge in [-0.1, -0.05) is 28.3 Å². The third-order valence-corrected chi connectivity index (χ3v) is 5.71. The fourth-order valence-corrected chi connectivity index (χ4v) is 4.29. The lowest BCUT2D eigenvalue weighted by Crippen LogP contribution is -2.35. The van der Waals surface area contributed by atoms with Crippen LogP contribution in [0.4, 0.5) is 5.95 Å². The number of aromatic amines is 1. The average Bonchev–Trinajstić information content (AvgIpc) is 3.28. The minimum atomic E-state index is 0.435. The van der Waals surface area contributed by atoms with Crippen molar-refractivity contribution in [3.63, 3.8) is 0 Å². The Morgan fingerprint density at radius 1 is 1.14 bits per heavy atom. The Labute approximate surface area is 172 Å². The number of nitrogens with one attached hydrogen (secondary N) is 1. The zero-order chi connectivity index (χ0) is 19.8. The molecule has 1 fully saturated rings. The van der Waals surface area contributed by atoms with Crippen LogP contribution < -0.4 is 9.64 Å². The highest BCUT2D eigenvalue weighted by Gasteiger charge is 2.27. The van der Waals surface area contributed by atoms with Crippen LogP contribution in [0.5, 0.6) is 5.75 Å². The van der Waals surface area contributed by atoms with Gasteiger partial charge in [-0.15, -0.1) is 0 Å². The van der Waals surface area contributed by atoms with Crippen LogP contribution in [0.15, 0.2) is 12.1 Å². The highest BCUT2D eigenvalue weighted by Crippen LogP contribution is 2.35. The molecule has 10 heteroatoms. The number of hydrogen-bond acceptors (Lipinski definition) is 6. The van der Waals surface area contributed by atoms with Gasteiger partial charge in [0.25, 0.3) is 0 Å². The molecule has 1 aliphatic heterocycles. The molecule has 1 saturated heterocycles. The summed E-state index contributed by atoms with van der Waals surface area (Å²) in [4.78, 5) is 10.1. The van der Waals surface area contributed by atoms with E-state index in [-0.39, 0.29) is 0 Å². The number of aryl methyl sites for hydroxylation is 2. The number of ether oxygens (including phenoxy) is 1. The molecule has 0 saturated carbocycles. The molecule has 0 spiro atoms. The standard InChI is InChI=1S/C18H21Cl2N7O/c1-10-17(22-11(2)21-10)12-4-6-26(7-5-12)18-23-24-25-27(18)15-9-16(28-3)14(20)8-13(15)19/h8-9,12H,4-7H2,1-3H3,(H,21,22). The van der Waals surface area contributed by atoms with E-state index in [4.69, 9.17) is 27.9 Å². The number of rotatable bonds is 4. The van der Waals surface area contributed by atoms with Crippen molar-refractivity contribution in [3.05, 3.63) is 39.4 Å². The first-order valence-electron chi connectivity index (χ1n) is 9.07. The van der Waals surface area contributed by atoms with E-state index >= 15 is 0 Å². The van der Waals surface area contributed by atoms with Crippen LogP contribution in [-0.4, -0.2) is 50.4 Å². The van der Waals surface area contributed by atoms with Gasteiger partial charge < -0.3 is 14.6 Å². The maximum absolute atomic E-state index is 6.40. The number of anilines is 1.